The molecule has 2 N–H and O–H groups in total. The molecule has 0 aliphatic carbocycles. The van der Waals surface area contributed by atoms with E-state index in [0.717, 1.165) is 16.7 Å². The average molecular weight is 408 g/mol. The van der Waals surface area contributed by atoms with Gasteiger partial charge in [0.2, 0.25) is 0 Å². The summed E-state index contributed by atoms with van der Waals surface area (Å²) in [6.45, 7) is 8.02. The average Bonchev–Trinajstić information content (AvgIpc) is 2.81. The number of anilines is 3. The SMILES string of the molecule is COC(=O)Cc1ccc2c(c1)NC(=O)c1ccc(B3OC(C)(C)C(C)(C)O3)cc1N2. The van der Waals surface area contributed by atoms with Crippen LogP contribution in [0.3, 0.4) is 0 Å². The fourth-order valence-electron chi connectivity index (χ4n) is 3.48. The fraction of sp³-hybridized carbons (Fsp3) is 0.364. The zero-order valence-electron chi connectivity index (χ0n) is 17.8. The molecule has 2 heterocycles. The van der Waals surface area contributed by atoms with E-state index in [1.54, 1.807) is 12.1 Å². The zero-order valence-corrected chi connectivity index (χ0v) is 17.8. The third-order valence-corrected chi connectivity index (χ3v) is 5.99. The molecule has 1 amide bonds. The van der Waals surface area contributed by atoms with Crippen molar-refractivity contribution in [3.05, 3.63) is 47.5 Å². The van der Waals surface area contributed by atoms with Crippen LogP contribution < -0.4 is 16.1 Å². The first-order chi connectivity index (χ1) is 14.1. The highest BCUT2D eigenvalue weighted by Gasteiger charge is 2.51. The molecule has 2 aromatic carbocycles. The van der Waals surface area contributed by atoms with Gasteiger partial charge in [0.15, 0.2) is 0 Å². The molecule has 0 radical (unpaired) electrons. The Kier molecular flexibility index (Phi) is 4.87. The summed E-state index contributed by atoms with van der Waals surface area (Å²) in [4.78, 5) is 24.4. The van der Waals surface area contributed by atoms with Gasteiger partial charge in [0.1, 0.15) is 0 Å². The maximum atomic E-state index is 12.8. The normalized spacial score (nSPS) is 18.6. The molecule has 1 saturated heterocycles. The Bertz CT molecular complexity index is 1020. The van der Waals surface area contributed by atoms with Gasteiger partial charge in [-0.25, -0.2) is 0 Å². The fourth-order valence-corrected chi connectivity index (χ4v) is 3.48. The van der Waals surface area contributed by atoms with Gasteiger partial charge in [0.25, 0.3) is 5.91 Å². The van der Waals surface area contributed by atoms with Crippen LogP contribution in [-0.2, 0) is 25.3 Å². The van der Waals surface area contributed by atoms with E-state index in [2.05, 4.69) is 10.6 Å². The predicted octanol–water partition coefficient (Wildman–Crippen LogP) is 3.01. The molecule has 1 fully saturated rings. The molecule has 0 bridgehead atoms. The first-order valence-electron chi connectivity index (χ1n) is 9.87. The van der Waals surface area contributed by atoms with Crippen LogP contribution in [0.1, 0.15) is 43.6 Å². The standard InChI is InChI=1S/C22H25BN2O5/c1-21(2)22(3,4)30-23(29-21)14-7-8-15-17(12-14)24-16-9-6-13(11-19(26)28-5)10-18(16)25-20(15)27/h6-10,12,24H,11H2,1-5H3,(H,25,27). The number of esters is 1. The first-order valence-corrected chi connectivity index (χ1v) is 9.87. The van der Waals surface area contributed by atoms with Gasteiger partial charge >= 0.3 is 13.1 Å². The molecule has 30 heavy (non-hydrogen) atoms. The van der Waals surface area contributed by atoms with Crippen LogP contribution in [0, 0.1) is 0 Å². The number of methoxy groups -OCH3 is 1. The van der Waals surface area contributed by atoms with E-state index in [1.165, 1.54) is 7.11 Å². The minimum absolute atomic E-state index is 0.138. The van der Waals surface area contributed by atoms with Gasteiger partial charge < -0.3 is 24.7 Å². The van der Waals surface area contributed by atoms with Crippen molar-refractivity contribution < 1.29 is 23.6 Å². The minimum Gasteiger partial charge on any atom is -0.469 e. The summed E-state index contributed by atoms with van der Waals surface area (Å²) in [5, 5.41) is 6.23. The third-order valence-electron chi connectivity index (χ3n) is 5.99. The second-order valence-electron chi connectivity index (χ2n) is 8.61. The van der Waals surface area contributed by atoms with E-state index in [-0.39, 0.29) is 18.3 Å². The van der Waals surface area contributed by atoms with Gasteiger partial charge in [-0.1, -0.05) is 12.1 Å². The van der Waals surface area contributed by atoms with Crippen LogP contribution in [0.2, 0.25) is 0 Å². The number of fused-ring (bicyclic) bond motifs is 2. The van der Waals surface area contributed by atoms with E-state index >= 15 is 0 Å². The largest absolute Gasteiger partial charge is 0.494 e. The highest BCUT2D eigenvalue weighted by atomic mass is 16.7. The maximum Gasteiger partial charge on any atom is 0.494 e. The second-order valence-corrected chi connectivity index (χ2v) is 8.61. The number of benzene rings is 2. The topological polar surface area (TPSA) is 85.9 Å². The number of amides is 1. The Hall–Kier alpha value is -2.84. The van der Waals surface area contributed by atoms with Crippen LogP contribution in [0.25, 0.3) is 0 Å². The van der Waals surface area contributed by atoms with E-state index in [9.17, 15) is 9.59 Å². The van der Waals surface area contributed by atoms with Crippen molar-refractivity contribution in [3.63, 3.8) is 0 Å². The van der Waals surface area contributed by atoms with Gasteiger partial charge in [-0.05, 0) is 63.0 Å². The molecular formula is C22H25BN2O5. The van der Waals surface area contributed by atoms with Crippen molar-refractivity contribution in [1.82, 2.24) is 0 Å². The lowest BCUT2D eigenvalue weighted by Crippen LogP contribution is -2.41. The summed E-state index contributed by atoms with van der Waals surface area (Å²) < 4.78 is 17.0. The summed E-state index contributed by atoms with van der Waals surface area (Å²) in [5.74, 6) is -0.565. The molecule has 4 rings (SSSR count). The van der Waals surface area contributed by atoms with E-state index < -0.39 is 18.3 Å². The van der Waals surface area contributed by atoms with Crippen LogP contribution in [-0.4, -0.2) is 37.3 Å². The highest BCUT2D eigenvalue weighted by molar-refractivity contribution is 6.62. The van der Waals surface area contributed by atoms with Crippen LogP contribution in [0.15, 0.2) is 36.4 Å². The first kappa shape index (κ1) is 20.4. The Morgan fingerprint density at radius 1 is 0.967 bits per heavy atom. The van der Waals surface area contributed by atoms with Gasteiger partial charge in [0, 0.05) is 0 Å². The maximum absolute atomic E-state index is 12.8. The van der Waals surface area contributed by atoms with Crippen LogP contribution in [0.4, 0.5) is 17.1 Å². The molecule has 2 aliphatic rings. The summed E-state index contributed by atoms with van der Waals surface area (Å²) in [7, 11) is 0.832. The Labute approximate surface area is 176 Å². The molecule has 0 spiro atoms. The van der Waals surface area contributed by atoms with Crippen molar-refractivity contribution in [2.24, 2.45) is 0 Å². The summed E-state index contributed by atoms with van der Waals surface area (Å²) in [5.41, 5.74) is 3.22. The van der Waals surface area contributed by atoms with E-state index in [0.29, 0.717) is 16.9 Å². The Morgan fingerprint density at radius 2 is 1.67 bits per heavy atom. The molecule has 0 aromatic heterocycles. The lowest BCUT2D eigenvalue weighted by Gasteiger charge is -2.32. The van der Waals surface area contributed by atoms with Crippen molar-refractivity contribution in [3.8, 4) is 0 Å². The molecule has 0 saturated carbocycles. The molecule has 2 aromatic rings. The summed E-state index contributed by atoms with van der Waals surface area (Å²) in [6.07, 6.45) is 0.138. The van der Waals surface area contributed by atoms with Crippen molar-refractivity contribution in [1.29, 1.82) is 0 Å². The number of hydrogen-bond acceptors (Lipinski definition) is 6. The molecule has 0 atom stereocenters. The summed E-state index contributed by atoms with van der Waals surface area (Å²) >= 11 is 0. The lowest BCUT2D eigenvalue weighted by molar-refractivity contribution is -0.139. The van der Waals surface area contributed by atoms with Crippen LogP contribution in [0.5, 0.6) is 0 Å². The van der Waals surface area contributed by atoms with Gasteiger partial charge in [-0.2, -0.15) is 0 Å². The van der Waals surface area contributed by atoms with Crippen molar-refractivity contribution >= 4 is 41.5 Å². The number of ether oxygens (including phenoxy) is 1. The second kappa shape index (κ2) is 7.14. The van der Waals surface area contributed by atoms with Gasteiger partial charge in [-0.15, -0.1) is 0 Å². The minimum atomic E-state index is -0.518. The Morgan fingerprint density at radius 3 is 2.33 bits per heavy atom. The molecule has 0 unspecified atom stereocenters. The highest BCUT2D eigenvalue weighted by Crippen LogP contribution is 2.37. The Balaban J connectivity index is 1.65. The van der Waals surface area contributed by atoms with E-state index in [1.807, 2.05) is 52.0 Å². The number of carbonyl (C=O) groups is 2. The number of rotatable bonds is 3. The van der Waals surface area contributed by atoms with E-state index in [4.69, 9.17) is 14.0 Å². The van der Waals surface area contributed by atoms with Crippen molar-refractivity contribution in [2.45, 2.75) is 45.3 Å². The third kappa shape index (κ3) is 3.57. The molecule has 2 aliphatic heterocycles. The molecule has 7 nitrogen and oxygen atoms in total. The van der Waals surface area contributed by atoms with Gasteiger partial charge in [0.05, 0.1) is 47.4 Å². The molecule has 8 heteroatoms. The molecular weight excluding hydrogens is 383 g/mol. The van der Waals surface area contributed by atoms with Crippen LogP contribution >= 0.6 is 0 Å². The quantitative estimate of drug-likeness (QED) is 0.600. The number of hydrogen-bond donors (Lipinski definition) is 2. The zero-order chi connectivity index (χ0) is 21.7. The number of carbonyl (C=O) groups excluding carboxylic acids is 2. The number of nitrogens with one attached hydrogen (secondary N) is 2. The molecule has 156 valence electrons. The summed E-state index contributed by atoms with van der Waals surface area (Å²) in [6, 6.07) is 10.9. The predicted molar refractivity (Wildman–Crippen MR) is 116 cm³/mol. The monoisotopic (exact) mass is 408 g/mol. The van der Waals surface area contributed by atoms with Crippen molar-refractivity contribution in [2.75, 3.05) is 17.7 Å². The smallest absolute Gasteiger partial charge is 0.469 e. The lowest BCUT2D eigenvalue weighted by atomic mass is 9.78. The van der Waals surface area contributed by atoms with Gasteiger partial charge in [-0.3, -0.25) is 9.59 Å².